The summed E-state index contributed by atoms with van der Waals surface area (Å²) in [6.45, 7) is 12.5. The summed E-state index contributed by atoms with van der Waals surface area (Å²) in [4.78, 5) is 17.8. The zero-order chi connectivity index (χ0) is 21.9. The van der Waals surface area contributed by atoms with E-state index >= 15 is 0 Å². The highest BCUT2D eigenvalue weighted by atomic mass is 32.2. The average molecular weight is 425 g/mol. The number of amides is 1. The maximum absolute atomic E-state index is 12.9. The third-order valence-electron chi connectivity index (χ3n) is 5.89. The van der Waals surface area contributed by atoms with Crippen molar-refractivity contribution in [3.8, 4) is 0 Å². The van der Waals surface area contributed by atoms with Crippen molar-refractivity contribution in [1.82, 2.24) is 19.4 Å². The Morgan fingerprint density at radius 3 is 2.24 bits per heavy atom. The summed E-state index contributed by atoms with van der Waals surface area (Å²) >= 11 is 0. The lowest BCUT2D eigenvalue weighted by molar-refractivity contribution is 0.0791. The fourth-order valence-corrected chi connectivity index (χ4v) is 4.88. The fraction of sp³-hybridized carbons (Fsp3) is 0.667. The van der Waals surface area contributed by atoms with Crippen LogP contribution < -0.4 is 5.32 Å². The van der Waals surface area contributed by atoms with Gasteiger partial charge in [-0.3, -0.25) is 9.69 Å². The molecule has 1 atom stereocenters. The molecule has 1 fully saturated rings. The number of hydrogen-bond acceptors (Lipinski definition) is 5. The van der Waals surface area contributed by atoms with Crippen molar-refractivity contribution >= 4 is 15.9 Å². The van der Waals surface area contributed by atoms with Gasteiger partial charge in [0.05, 0.1) is 4.90 Å². The first kappa shape index (κ1) is 23.8. The van der Waals surface area contributed by atoms with Crippen molar-refractivity contribution in [2.24, 2.45) is 5.92 Å². The third kappa shape index (κ3) is 5.57. The minimum absolute atomic E-state index is 0.187. The van der Waals surface area contributed by atoms with Crippen LogP contribution in [0.3, 0.4) is 0 Å². The molecule has 2 rings (SSSR count). The molecule has 0 spiro atoms. The average Bonchev–Trinajstić information content (AvgIpc) is 2.64. The van der Waals surface area contributed by atoms with Gasteiger partial charge in [-0.25, -0.2) is 12.7 Å². The Kier molecular flexibility index (Phi) is 7.84. The second kappa shape index (κ2) is 9.55. The van der Waals surface area contributed by atoms with Gasteiger partial charge in [-0.05, 0) is 50.1 Å². The number of nitrogens with one attached hydrogen (secondary N) is 1. The number of benzene rings is 1. The number of aryl methyl sites for hydroxylation is 1. The van der Waals surface area contributed by atoms with E-state index < -0.39 is 10.0 Å². The fourth-order valence-electron chi connectivity index (χ4n) is 3.66. The van der Waals surface area contributed by atoms with Gasteiger partial charge in [-0.1, -0.05) is 13.8 Å². The Bertz CT molecular complexity index is 829. The Labute approximate surface area is 176 Å². The molecule has 1 saturated heterocycles. The molecule has 8 heteroatoms. The second-order valence-corrected chi connectivity index (χ2v) is 10.7. The van der Waals surface area contributed by atoms with Crippen LogP contribution in [0.4, 0.5) is 0 Å². The van der Waals surface area contributed by atoms with Crippen molar-refractivity contribution in [1.29, 1.82) is 0 Å². The van der Waals surface area contributed by atoms with Crippen molar-refractivity contribution in [3.63, 3.8) is 0 Å². The summed E-state index contributed by atoms with van der Waals surface area (Å²) in [5.74, 6) is 0.172. The van der Waals surface area contributed by atoms with Crippen LogP contribution in [0.1, 0.15) is 35.3 Å². The minimum atomic E-state index is -3.61. The first-order valence-electron chi connectivity index (χ1n) is 10.2. The van der Waals surface area contributed by atoms with Crippen LogP contribution in [0.5, 0.6) is 0 Å². The minimum Gasteiger partial charge on any atom is -0.350 e. The van der Waals surface area contributed by atoms with Gasteiger partial charge in [0.25, 0.3) is 5.91 Å². The Hall–Kier alpha value is -1.48. The quantitative estimate of drug-likeness (QED) is 0.719. The standard InChI is InChI=1S/C21H36N4O3S/c1-15(2)19(25-10-8-24(7)9-11-25)14-22-21(26)18-12-16(3)17(4)20(13-18)29(27,28)23(5)6/h12-13,15,19H,8-11,14H2,1-7H3,(H,22,26). The molecule has 0 saturated carbocycles. The molecule has 29 heavy (non-hydrogen) atoms. The van der Waals surface area contributed by atoms with E-state index in [0.717, 1.165) is 31.7 Å². The van der Waals surface area contributed by atoms with Crippen molar-refractivity contribution in [2.75, 3.05) is 53.9 Å². The van der Waals surface area contributed by atoms with Crippen LogP contribution in [0.25, 0.3) is 0 Å². The van der Waals surface area contributed by atoms with Gasteiger partial charge in [0.1, 0.15) is 0 Å². The van der Waals surface area contributed by atoms with E-state index in [1.54, 1.807) is 13.0 Å². The van der Waals surface area contributed by atoms with Gasteiger partial charge in [0.15, 0.2) is 0 Å². The van der Waals surface area contributed by atoms with Crippen molar-refractivity contribution in [3.05, 3.63) is 28.8 Å². The molecule has 1 unspecified atom stereocenters. The number of carbonyl (C=O) groups excluding carboxylic acids is 1. The zero-order valence-corrected chi connectivity index (χ0v) is 19.6. The molecule has 0 aliphatic carbocycles. The summed E-state index contributed by atoms with van der Waals surface area (Å²) in [6, 6.07) is 3.51. The van der Waals surface area contributed by atoms with Crippen LogP contribution in [0, 0.1) is 19.8 Å². The third-order valence-corrected chi connectivity index (χ3v) is 7.83. The van der Waals surface area contributed by atoms with Gasteiger partial charge in [0.2, 0.25) is 10.0 Å². The molecule has 1 aromatic carbocycles. The van der Waals surface area contributed by atoms with Gasteiger partial charge in [-0.2, -0.15) is 0 Å². The van der Waals surface area contributed by atoms with E-state index in [9.17, 15) is 13.2 Å². The Balaban J connectivity index is 2.18. The van der Waals surface area contributed by atoms with Crippen LogP contribution in [0.2, 0.25) is 0 Å². The largest absolute Gasteiger partial charge is 0.350 e. The molecule has 1 aliphatic rings. The number of nitrogens with zero attached hydrogens (tertiary/aromatic N) is 3. The van der Waals surface area contributed by atoms with E-state index in [4.69, 9.17) is 0 Å². The van der Waals surface area contributed by atoms with Crippen LogP contribution in [-0.4, -0.2) is 88.3 Å². The highest BCUT2D eigenvalue weighted by Gasteiger charge is 2.26. The molecule has 0 radical (unpaired) electrons. The molecule has 0 bridgehead atoms. The summed E-state index contributed by atoms with van der Waals surface area (Å²) in [7, 11) is 1.52. The van der Waals surface area contributed by atoms with E-state index in [-0.39, 0.29) is 16.8 Å². The SMILES string of the molecule is Cc1cc(C(=O)NCC(C(C)C)N2CCN(C)CC2)cc(S(=O)(=O)N(C)C)c1C. The number of piperazine rings is 1. The number of hydrogen-bond donors (Lipinski definition) is 1. The van der Waals surface area contributed by atoms with E-state index in [1.807, 2.05) is 6.92 Å². The summed E-state index contributed by atoms with van der Waals surface area (Å²) in [5.41, 5.74) is 1.85. The summed E-state index contributed by atoms with van der Waals surface area (Å²) < 4.78 is 26.5. The van der Waals surface area contributed by atoms with E-state index in [1.165, 1.54) is 24.5 Å². The molecule has 0 aromatic heterocycles. The lowest BCUT2D eigenvalue weighted by Crippen LogP contribution is -2.54. The van der Waals surface area contributed by atoms with Gasteiger partial charge in [0, 0.05) is 58.4 Å². The molecule has 1 amide bonds. The maximum Gasteiger partial charge on any atom is 0.251 e. The van der Waals surface area contributed by atoms with Crippen LogP contribution >= 0.6 is 0 Å². The summed E-state index contributed by atoms with van der Waals surface area (Å²) in [5, 5.41) is 3.04. The monoisotopic (exact) mass is 424 g/mol. The smallest absolute Gasteiger partial charge is 0.251 e. The second-order valence-electron chi connectivity index (χ2n) is 8.56. The van der Waals surface area contributed by atoms with Crippen molar-refractivity contribution < 1.29 is 13.2 Å². The predicted molar refractivity (Wildman–Crippen MR) is 117 cm³/mol. The van der Waals surface area contributed by atoms with Gasteiger partial charge >= 0.3 is 0 Å². The van der Waals surface area contributed by atoms with E-state index in [2.05, 4.69) is 36.0 Å². The first-order chi connectivity index (χ1) is 13.4. The van der Waals surface area contributed by atoms with Crippen molar-refractivity contribution in [2.45, 2.75) is 38.6 Å². The zero-order valence-electron chi connectivity index (χ0n) is 18.8. The normalized spacial score (nSPS) is 17.7. The number of carbonyl (C=O) groups is 1. The lowest BCUT2D eigenvalue weighted by atomic mass is 10.0. The van der Waals surface area contributed by atoms with Crippen LogP contribution in [0.15, 0.2) is 17.0 Å². The molecule has 164 valence electrons. The predicted octanol–water partition coefficient (Wildman–Crippen LogP) is 1.56. The Morgan fingerprint density at radius 2 is 1.72 bits per heavy atom. The molecular weight excluding hydrogens is 388 g/mol. The Morgan fingerprint density at radius 1 is 1.14 bits per heavy atom. The first-order valence-corrected chi connectivity index (χ1v) is 11.6. The number of rotatable bonds is 7. The van der Waals surface area contributed by atoms with E-state index in [0.29, 0.717) is 23.6 Å². The molecular formula is C21H36N4O3S. The van der Waals surface area contributed by atoms with Gasteiger partial charge < -0.3 is 10.2 Å². The topological polar surface area (TPSA) is 73.0 Å². The number of likely N-dealkylation sites (N-methyl/N-ethyl adjacent to an activating group) is 1. The molecule has 1 aliphatic heterocycles. The molecule has 7 nitrogen and oxygen atoms in total. The highest BCUT2D eigenvalue weighted by Crippen LogP contribution is 2.23. The highest BCUT2D eigenvalue weighted by molar-refractivity contribution is 7.89. The number of sulfonamides is 1. The van der Waals surface area contributed by atoms with Gasteiger partial charge in [-0.15, -0.1) is 0 Å². The molecule has 1 N–H and O–H groups in total. The lowest BCUT2D eigenvalue weighted by Gasteiger charge is -2.39. The van der Waals surface area contributed by atoms with Crippen LogP contribution in [-0.2, 0) is 10.0 Å². The molecule has 1 aromatic rings. The summed E-state index contributed by atoms with van der Waals surface area (Å²) in [6.07, 6.45) is 0. The maximum atomic E-state index is 12.9. The molecule has 1 heterocycles.